The molecule has 0 fully saturated rings. The Balaban J connectivity index is 2.68. The monoisotopic (exact) mass is 171 g/mol. The Hall–Kier alpha value is -1.71. The molecule has 0 aliphatic heterocycles. The second kappa shape index (κ2) is 3.35. The third-order valence-electron chi connectivity index (χ3n) is 1.82. The summed E-state index contributed by atoms with van der Waals surface area (Å²) in [6, 6.07) is 7.38. The Morgan fingerprint density at radius 2 is 2.23 bits per heavy atom. The van der Waals surface area contributed by atoms with Gasteiger partial charge in [-0.25, -0.2) is 0 Å². The van der Waals surface area contributed by atoms with Crippen LogP contribution in [-0.2, 0) is 4.70 Å². The molecule has 62 valence electrons. The fourth-order valence-electron chi connectivity index (χ4n) is 1.24. The summed E-state index contributed by atoms with van der Waals surface area (Å²) in [7, 11) is 0.418. The average molecular weight is 171 g/mol. The van der Waals surface area contributed by atoms with Crippen LogP contribution in [0.2, 0.25) is 0 Å². The standard InChI is InChI=1S/C9H6BNO2/c12-10-13-9-3-1-2-7-4-5-11-6-8(7)9/h1-6H. The van der Waals surface area contributed by atoms with E-state index in [1.54, 1.807) is 18.5 Å². The van der Waals surface area contributed by atoms with Crippen molar-refractivity contribution in [2.75, 3.05) is 0 Å². The molecule has 0 N–H and O–H groups in total. The number of nitrogens with zero attached hydrogens (tertiary/aromatic N) is 1. The van der Waals surface area contributed by atoms with Gasteiger partial charge in [-0.1, -0.05) is 0 Å². The zero-order valence-electron chi connectivity index (χ0n) is 6.81. The second-order valence-electron chi connectivity index (χ2n) is 2.57. The molecule has 13 heavy (non-hydrogen) atoms. The van der Waals surface area contributed by atoms with Crippen LogP contribution < -0.4 is 4.65 Å². The van der Waals surface area contributed by atoms with Crippen molar-refractivity contribution in [3.05, 3.63) is 36.7 Å². The van der Waals surface area contributed by atoms with Crippen molar-refractivity contribution in [1.82, 2.24) is 4.98 Å². The first-order chi connectivity index (χ1) is 6.42. The molecule has 0 aliphatic carbocycles. The molecule has 0 saturated heterocycles. The Labute approximate surface area is 75.6 Å². The third-order valence-corrected chi connectivity index (χ3v) is 1.82. The predicted molar refractivity (Wildman–Crippen MR) is 48.8 cm³/mol. The van der Waals surface area contributed by atoms with E-state index in [0.29, 0.717) is 13.1 Å². The number of rotatable bonds is 2. The summed E-state index contributed by atoms with van der Waals surface area (Å²) in [5, 5.41) is 1.85. The van der Waals surface area contributed by atoms with Crippen LogP contribution >= 0.6 is 0 Å². The van der Waals surface area contributed by atoms with E-state index in [0.717, 1.165) is 10.8 Å². The topological polar surface area (TPSA) is 39.2 Å². The predicted octanol–water partition coefficient (Wildman–Crippen LogP) is 1.58. The van der Waals surface area contributed by atoms with Gasteiger partial charge in [-0.05, 0) is 0 Å². The Morgan fingerprint density at radius 1 is 1.31 bits per heavy atom. The molecule has 4 heteroatoms. The quantitative estimate of drug-likeness (QED) is 0.643. The first-order valence-electron chi connectivity index (χ1n) is 3.85. The number of fused-ring (bicyclic) bond motifs is 1. The second-order valence-corrected chi connectivity index (χ2v) is 2.57. The molecule has 0 unspecified atom stereocenters. The van der Waals surface area contributed by atoms with Crippen LogP contribution in [0.25, 0.3) is 10.8 Å². The van der Waals surface area contributed by atoms with Gasteiger partial charge in [-0.3, -0.25) is 0 Å². The van der Waals surface area contributed by atoms with E-state index in [-0.39, 0.29) is 0 Å². The molecule has 0 spiro atoms. The molecular formula is C9H6BNO2. The number of hydrogen-bond donors (Lipinski definition) is 0. The molecule has 0 amide bonds. The Bertz CT molecular complexity index is 439. The van der Waals surface area contributed by atoms with Gasteiger partial charge >= 0.3 is 74.9 Å². The van der Waals surface area contributed by atoms with E-state index in [2.05, 4.69) is 4.98 Å². The minimum atomic E-state index is 0.418. The summed E-state index contributed by atoms with van der Waals surface area (Å²) in [4.78, 5) is 3.96. The number of hydrogen-bond acceptors (Lipinski definition) is 3. The van der Waals surface area contributed by atoms with Crippen LogP contribution in [0.4, 0.5) is 0 Å². The fourth-order valence-corrected chi connectivity index (χ4v) is 1.24. The van der Waals surface area contributed by atoms with Gasteiger partial charge in [0, 0.05) is 0 Å². The Morgan fingerprint density at radius 3 is 3.08 bits per heavy atom. The van der Waals surface area contributed by atoms with Crippen LogP contribution in [0.5, 0.6) is 5.75 Å². The SMILES string of the molecule is O=BOc1cccc2ccncc12. The van der Waals surface area contributed by atoms with Gasteiger partial charge in [0.15, 0.2) is 0 Å². The van der Waals surface area contributed by atoms with Crippen molar-refractivity contribution in [2.24, 2.45) is 0 Å². The van der Waals surface area contributed by atoms with Crippen LogP contribution in [-0.4, -0.2) is 12.3 Å². The van der Waals surface area contributed by atoms with Crippen molar-refractivity contribution >= 4 is 18.1 Å². The zero-order valence-corrected chi connectivity index (χ0v) is 6.81. The summed E-state index contributed by atoms with van der Waals surface area (Å²) in [6.45, 7) is 0. The maximum atomic E-state index is 10.2. The molecule has 0 aliphatic rings. The van der Waals surface area contributed by atoms with Crippen LogP contribution in [0, 0.1) is 0 Å². The first kappa shape index (κ1) is 7.92. The van der Waals surface area contributed by atoms with E-state index >= 15 is 0 Å². The molecule has 0 atom stereocenters. The molecule has 1 heterocycles. The summed E-state index contributed by atoms with van der Waals surface area (Å²) >= 11 is 0. The molecule has 2 rings (SSSR count). The van der Waals surface area contributed by atoms with E-state index < -0.39 is 0 Å². The number of benzene rings is 1. The first-order valence-corrected chi connectivity index (χ1v) is 3.85. The van der Waals surface area contributed by atoms with Gasteiger partial charge in [0.05, 0.1) is 0 Å². The van der Waals surface area contributed by atoms with E-state index in [4.69, 9.17) is 4.65 Å². The minimum absolute atomic E-state index is 0.418. The normalized spacial score (nSPS) is 9.54. The molecular weight excluding hydrogens is 165 g/mol. The summed E-state index contributed by atoms with van der Waals surface area (Å²) in [5.41, 5.74) is 0. The van der Waals surface area contributed by atoms with Gasteiger partial charge in [0.1, 0.15) is 0 Å². The molecule has 3 nitrogen and oxygen atoms in total. The summed E-state index contributed by atoms with van der Waals surface area (Å²) in [5.74, 6) is 0.542. The number of aromatic nitrogens is 1. The zero-order chi connectivity index (χ0) is 9.10. The third kappa shape index (κ3) is 1.43. The van der Waals surface area contributed by atoms with Gasteiger partial charge in [-0.2, -0.15) is 0 Å². The summed E-state index contributed by atoms with van der Waals surface area (Å²) < 4.78 is 15.0. The van der Waals surface area contributed by atoms with Crippen LogP contribution in [0.15, 0.2) is 36.7 Å². The van der Waals surface area contributed by atoms with Gasteiger partial charge < -0.3 is 0 Å². The Kier molecular flexibility index (Phi) is 2.04. The van der Waals surface area contributed by atoms with Crippen molar-refractivity contribution in [3.8, 4) is 5.75 Å². The molecule has 0 saturated carbocycles. The molecule has 0 radical (unpaired) electrons. The van der Waals surface area contributed by atoms with E-state index in [9.17, 15) is 4.70 Å². The van der Waals surface area contributed by atoms with Gasteiger partial charge in [-0.15, -0.1) is 0 Å². The van der Waals surface area contributed by atoms with Crippen LogP contribution in [0.1, 0.15) is 0 Å². The van der Waals surface area contributed by atoms with Gasteiger partial charge in [0.25, 0.3) is 0 Å². The average Bonchev–Trinajstić information content (AvgIpc) is 2.19. The van der Waals surface area contributed by atoms with Crippen molar-refractivity contribution in [2.45, 2.75) is 0 Å². The fraction of sp³-hybridized carbons (Fsp3) is 0. The van der Waals surface area contributed by atoms with Crippen LogP contribution in [0.3, 0.4) is 0 Å². The van der Waals surface area contributed by atoms with Crippen molar-refractivity contribution < 1.29 is 9.36 Å². The van der Waals surface area contributed by atoms with E-state index in [1.165, 1.54) is 0 Å². The van der Waals surface area contributed by atoms with Crippen molar-refractivity contribution in [1.29, 1.82) is 0 Å². The number of pyridine rings is 1. The molecule has 1 aromatic carbocycles. The van der Waals surface area contributed by atoms with Gasteiger partial charge in [0.2, 0.25) is 0 Å². The van der Waals surface area contributed by atoms with Crippen molar-refractivity contribution in [3.63, 3.8) is 0 Å². The molecule has 2 aromatic rings. The van der Waals surface area contributed by atoms with E-state index in [1.807, 2.05) is 18.2 Å². The summed E-state index contributed by atoms with van der Waals surface area (Å²) in [6.07, 6.45) is 3.38. The maximum absolute atomic E-state index is 10.2. The molecule has 0 bridgehead atoms. The molecule has 1 aromatic heterocycles.